The Morgan fingerprint density at radius 2 is 0.962 bits per heavy atom. The highest BCUT2D eigenvalue weighted by Crippen LogP contribution is 2.47. The maximum absolute atomic E-state index is 14.2. The van der Waals surface area contributed by atoms with Crippen LogP contribution in [-0.4, -0.2) is 6.18 Å². The Hall–Kier alpha value is -1.77. The first-order chi connectivity index (χ1) is 11.7. The van der Waals surface area contributed by atoms with Crippen LogP contribution in [0.1, 0.15) is 70.7 Å². The Bertz CT molecular complexity index is 756. The van der Waals surface area contributed by atoms with Crippen molar-refractivity contribution in [1.82, 2.24) is 0 Å². The standard InChI is InChI=1S/C23H29F3/c1-20(2,3)16-11-13-17(14-12-16)22(7,23(24,25)26)19-10-8-9-18(15-19)21(4,5)6/h8-15H,1-7H3. The molecule has 142 valence electrons. The molecule has 0 aliphatic carbocycles. The minimum Gasteiger partial charge on any atom is -0.170 e. The first-order valence-corrected chi connectivity index (χ1v) is 8.96. The number of halogens is 3. The van der Waals surface area contributed by atoms with E-state index in [9.17, 15) is 13.2 Å². The van der Waals surface area contributed by atoms with E-state index in [1.807, 2.05) is 39.0 Å². The molecule has 1 unspecified atom stereocenters. The fourth-order valence-corrected chi connectivity index (χ4v) is 3.09. The van der Waals surface area contributed by atoms with Crippen molar-refractivity contribution in [2.45, 2.75) is 70.9 Å². The van der Waals surface area contributed by atoms with E-state index in [2.05, 4.69) is 20.8 Å². The third kappa shape index (κ3) is 3.82. The van der Waals surface area contributed by atoms with Crippen molar-refractivity contribution in [2.24, 2.45) is 0 Å². The van der Waals surface area contributed by atoms with Crippen molar-refractivity contribution in [3.05, 3.63) is 70.8 Å². The molecule has 0 aliphatic heterocycles. The summed E-state index contributed by atoms with van der Waals surface area (Å²) >= 11 is 0. The van der Waals surface area contributed by atoms with Crippen LogP contribution in [0.25, 0.3) is 0 Å². The molecule has 0 spiro atoms. The van der Waals surface area contributed by atoms with Gasteiger partial charge in [-0.1, -0.05) is 90.1 Å². The van der Waals surface area contributed by atoms with Gasteiger partial charge in [-0.25, -0.2) is 0 Å². The summed E-state index contributed by atoms with van der Waals surface area (Å²) in [6, 6.07) is 13.8. The van der Waals surface area contributed by atoms with Gasteiger partial charge in [-0.3, -0.25) is 0 Å². The molecule has 2 aromatic rings. The van der Waals surface area contributed by atoms with E-state index in [0.717, 1.165) is 11.1 Å². The molecular formula is C23H29F3. The second-order valence-electron chi connectivity index (χ2n) is 9.28. The molecule has 0 fully saturated rings. The van der Waals surface area contributed by atoms with E-state index >= 15 is 0 Å². The second kappa shape index (κ2) is 6.44. The summed E-state index contributed by atoms with van der Waals surface area (Å²) < 4.78 is 42.7. The predicted octanol–water partition coefficient (Wildman–Crippen LogP) is 7.15. The van der Waals surface area contributed by atoms with Crippen LogP contribution in [0.5, 0.6) is 0 Å². The van der Waals surface area contributed by atoms with E-state index in [0.29, 0.717) is 0 Å². The number of hydrogen-bond donors (Lipinski definition) is 0. The largest absolute Gasteiger partial charge is 0.402 e. The van der Waals surface area contributed by atoms with Gasteiger partial charge in [-0.05, 0) is 40.0 Å². The minimum atomic E-state index is -4.40. The molecule has 0 saturated carbocycles. The van der Waals surface area contributed by atoms with Crippen molar-refractivity contribution in [3.63, 3.8) is 0 Å². The SMILES string of the molecule is CC(C)(C)c1ccc(C(C)(c2cccc(C(C)(C)C)c2)C(F)(F)F)cc1. The van der Waals surface area contributed by atoms with Crippen LogP contribution in [0.4, 0.5) is 13.2 Å². The highest BCUT2D eigenvalue weighted by atomic mass is 19.4. The van der Waals surface area contributed by atoms with Crippen molar-refractivity contribution < 1.29 is 13.2 Å². The topological polar surface area (TPSA) is 0 Å². The Morgan fingerprint density at radius 3 is 1.38 bits per heavy atom. The van der Waals surface area contributed by atoms with E-state index in [4.69, 9.17) is 0 Å². The van der Waals surface area contributed by atoms with Crippen LogP contribution in [-0.2, 0) is 16.2 Å². The zero-order valence-electron chi connectivity index (χ0n) is 16.8. The third-order valence-electron chi connectivity index (χ3n) is 5.20. The highest BCUT2D eigenvalue weighted by Gasteiger charge is 2.53. The Labute approximate surface area is 155 Å². The zero-order valence-corrected chi connectivity index (χ0v) is 16.8. The van der Waals surface area contributed by atoms with Crippen molar-refractivity contribution >= 4 is 0 Å². The lowest BCUT2D eigenvalue weighted by Gasteiger charge is -2.35. The third-order valence-corrected chi connectivity index (χ3v) is 5.20. The highest BCUT2D eigenvalue weighted by molar-refractivity contribution is 5.44. The van der Waals surface area contributed by atoms with Crippen molar-refractivity contribution in [2.75, 3.05) is 0 Å². The summed E-state index contributed by atoms with van der Waals surface area (Å²) in [5.74, 6) is 0. The van der Waals surface area contributed by atoms with Gasteiger partial charge in [-0.15, -0.1) is 0 Å². The van der Waals surface area contributed by atoms with E-state index in [1.165, 1.54) is 6.92 Å². The van der Waals surface area contributed by atoms with Gasteiger partial charge in [0.25, 0.3) is 0 Å². The normalized spacial score (nSPS) is 15.6. The monoisotopic (exact) mass is 362 g/mol. The molecule has 1 atom stereocenters. The molecule has 2 aromatic carbocycles. The van der Waals surface area contributed by atoms with E-state index in [1.54, 1.807) is 30.3 Å². The van der Waals surface area contributed by atoms with Crippen LogP contribution >= 0.6 is 0 Å². The van der Waals surface area contributed by atoms with Crippen LogP contribution in [0.15, 0.2) is 48.5 Å². The second-order valence-corrected chi connectivity index (χ2v) is 9.28. The molecule has 0 amide bonds. The van der Waals surface area contributed by atoms with Crippen LogP contribution < -0.4 is 0 Å². The fourth-order valence-electron chi connectivity index (χ4n) is 3.09. The van der Waals surface area contributed by atoms with Crippen LogP contribution in [0.2, 0.25) is 0 Å². The molecule has 0 radical (unpaired) electrons. The lowest BCUT2D eigenvalue weighted by molar-refractivity contribution is -0.173. The maximum atomic E-state index is 14.2. The maximum Gasteiger partial charge on any atom is 0.402 e. The van der Waals surface area contributed by atoms with Crippen LogP contribution in [0, 0.1) is 0 Å². The Kier molecular flexibility index (Phi) is 5.09. The first kappa shape index (κ1) is 20.5. The van der Waals surface area contributed by atoms with Gasteiger partial charge in [0, 0.05) is 0 Å². The molecule has 0 heterocycles. The Balaban J connectivity index is 2.64. The smallest absolute Gasteiger partial charge is 0.170 e. The number of hydrogen-bond acceptors (Lipinski definition) is 0. The molecule has 2 rings (SSSR count). The lowest BCUT2D eigenvalue weighted by atomic mass is 9.73. The molecule has 0 N–H and O–H groups in total. The van der Waals surface area contributed by atoms with E-state index < -0.39 is 11.6 Å². The Morgan fingerprint density at radius 1 is 0.538 bits per heavy atom. The molecular weight excluding hydrogens is 333 g/mol. The van der Waals surface area contributed by atoms with Gasteiger partial charge in [0.2, 0.25) is 0 Å². The molecule has 0 bridgehead atoms. The lowest BCUT2D eigenvalue weighted by Crippen LogP contribution is -2.40. The summed E-state index contributed by atoms with van der Waals surface area (Å²) in [7, 11) is 0. The van der Waals surface area contributed by atoms with E-state index in [-0.39, 0.29) is 22.0 Å². The number of rotatable bonds is 2. The molecule has 3 heteroatoms. The number of benzene rings is 2. The van der Waals surface area contributed by atoms with Crippen LogP contribution in [0.3, 0.4) is 0 Å². The zero-order chi connectivity index (χ0) is 20.0. The van der Waals surface area contributed by atoms with Gasteiger partial charge < -0.3 is 0 Å². The molecule has 0 aromatic heterocycles. The predicted molar refractivity (Wildman–Crippen MR) is 103 cm³/mol. The number of alkyl halides is 3. The average Bonchev–Trinajstić information content (AvgIpc) is 2.51. The summed E-state index contributed by atoms with van der Waals surface area (Å²) in [6.07, 6.45) is -4.40. The van der Waals surface area contributed by atoms with Gasteiger partial charge in [0.05, 0.1) is 0 Å². The quantitative estimate of drug-likeness (QED) is 0.532. The van der Waals surface area contributed by atoms with Gasteiger partial charge in [0.15, 0.2) is 0 Å². The fraction of sp³-hybridized carbons (Fsp3) is 0.478. The van der Waals surface area contributed by atoms with Crippen molar-refractivity contribution in [1.29, 1.82) is 0 Å². The summed E-state index contributed by atoms with van der Waals surface area (Å²) in [6.45, 7) is 13.5. The van der Waals surface area contributed by atoms with Crippen molar-refractivity contribution in [3.8, 4) is 0 Å². The van der Waals surface area contributed by atoms with Gasteiger partial charge in [0.1, 0.15) is 5.41 Å². The average molecular weight is 362 g/mol. The summed E-state index contributed by atoms with van der Waals surface area (Å²) in [4.78, 5) is 0. The summed E-state index contributed by atoms with van der Waals surface area (Å²) in [5.41, 5.74) is 0.110. The molecule has 0 saturated heterocycles. The molecule has 26 heavy (non-hydrogen) atoms. The molecule has 0 aliphatic rings. The summed E-state index contributed by atoms with van der Waals surface area (Å²) in [5, 5.41) is 0. The minimum absolute atomic E-state index is 0.0979. The van der Waals surface area contributed by atoms with Gasteiger partial charge in [-0.2, -0.15) is 13.2 Å². The van der Waals surface area contributed by atoms with Gasteiger partial charge >= 0.3 is 6.18 Å². The first-order valence-electron chi connectivity index (χ1n) is 8.96. The molecule has 0 nitrogen and oxygen atoms in total.